The molecule has 1 saturated carbocycles. The van der Waals surface area contributed by atoms with Crippen molar-refractivity contribution in [3.05, 3.63) is 30.1 Å². The molecule has 0 radical (unpaired) electrons. The third kappa shape index (κ3) is 2.85. The van der Waals surface area contributed by atoms with E-state index in [9.17, 15) is 9.90 Å². The summed E-state index contributed by atoms with van der Waals surface area (Å²) in [5, 5.41) is 9.23. The fraction of sp³-hybridized carbons (Fsp3) is 0.556. The Hall–Kier alpha value is -1.88. The Balaban J connectivity index is 1.55. The number of para-hydroxylation sites is 2. The molecule has 0 atom stereocenters. The first-order valence-corrected chi connectivity index (χ1v) is 8.60. The molecule has 1 saturated heterocycles. The summed E-state index contributed by atoms with van der Waals surface area (Å²) in [4.78, 5) is 19.4. The smallest absolute Gasteiger partial charge is 0.242 e. The van der Waals surface area contributed by atoms with Crippen molar-refractivity contribution < 1.29 is 9.90 Å². The monoisotopic (exact) mass is 313 g/mol. The number of aliphatic hydroxyl groups is 1. The normalized spacial score (nSPS) is 19.4. The summed E-state index contributed by atoms with van der Waals surface area (Å²) >= 11 is 0. The Morgan fingerprint density at radius 3 is 2.61 bits per heavy atom. The highest BCUT2D eigenvalue weighted by Gasteiger charge is 2.31. The van der Waals surface area contributed by atoms with E-state index in [1.165, 1.54) is 12.8 Å². The Morgan fingerprint density at radius 2 is 1.91 bits per heavy atom. The zero-order chi connectivity index (χ0) is 15.8. The number of carbonyl (C=O) groups is 1. The van der Waals surface area contributed by atoms with Crippen molar-refractivity contribution in [1.82, 2.24) is 14.5 Å². The third-order valence-electron chi connectivity index (χ3n) is 5.15. The summed E-state index contributed by atoms with van der Waals surface area (Å²) in [5.74, 6) is 2.13. The molecule has 5 nitrogen and oxygen atoms in total. The summed E-state index contributed by atoms with van der Waals surface area (Å²) < 4.78 is 2.12. The van der Waals surface area contributed by atoms with E-state index < -0.39 is 0 Å². The Morgan fingerprint density at radius 1 is 1.17 bits per heavy atom. The number of amides is 1. The van der Waals surface area contributed by atoms with Gasteiger partial charge in [-0.05, 0) is 43.7 Å². The molecule has 1 amide bonds. The van der Waals surface area contributed by atoms with Crippen LogP contribution in [-0.2, 0) is 11.3 Å². The molecule has 0 bridgehead atoms. The number of aliphatic hydroxyl groups excluding tert-OH is 1. The van der Waals surface area contributed by atoms with Crippen LogP contribution in [0, 0.1) is 5.92 Å². The predicted molar refractivity (Wildman–Crippen MR) is 88.1 cm³/mol. The van der Waals surface area contributed by atoms with Gasteiger partial charge in [-0.1, -0.05) is 12.1 Å². The van der Waals surface area contributed by atoms with Gasteiger partial charge in [-0.3, -0.25) is 4.79 Å². The Labute approximate surface area is 135 Å². The molecular formula is C18H23N3O2. The Kier molecular flexibility index (Phi) is 3.81. The molecular weight excluding hydrogens is 290 g/mol. The fourth-order valence-electron chi connectivity index (χ4n) is 3.51. The zero-order valence-electron chi connectivity index (χ0n) is 13.3. The quantitative estimate of drug-likeness (QED) is 0.941. The minimum Gasteiger partial charge on any atom is -0.396 e. The first kappa shape index (κ1) is 14.7. The molecule has 1 aromatic heterocycles. The lowest BCUT2D eigenvalue weighted by Crippen LogP contribution is -2.41. The van der Waals surface area contributed by atoms with E-state index in [0.717, 1.165) is 42.8 Å². The van der Waals surface area contributed by atoms with Gasteiger partial charge >= 0.3 is 0 Å². The summed E-state index contributed by atoms with van der Waals surface area (Å²) in [5.41, 5.74) is 2.05. The van der Waals surface area contributed by atoms with Crippen molar-refractivity contribution >= 4 is 16.9 Å². The van der Waals surface area contributed by atoms with Gasteiger partial charge in [0.05, 0.1) is 11.0 Å². The van der Waals surface area contributed by atoms with Crippen LogP contribution in [0.25, 0.3) is 11.0 Å². The molecule has 1 aliphatic heterocycles. The SMILES string of the molecule is O=C(Cn1c(C2CC2)nc2ccccc21)N1CCC(CO)CC1. The molecule has 0 unspecified atom stereocenters. The maximum Gasteiger partial charge on any atom is 0.242 e. The van der Waals surface area contributed by atoms with Crippen molar-refractivity contribution in [2.75, 3.05) is 19.7 Å². The molecule has 1 N–H and O–H groups in total. The third-order valence-corrected chi connectivity index (χ3v) is 5.15. The van der Waals surface area contributed by atoms with Crippen molar-refractivity contribution in [2.45, 2.75) is 38.1 Å². The average Bonchev–Trinajstić information content (AvgIpc) is 3.38. The molecule has 0 spiro atoms. The van der Waals surface area contributed by atoms with Crippen LogP contribution < -0.4 is 0 Å². The number of nitrogens with zero attached hydrogens (tertiary/aromatic N) is 3. The number of rotatable bonds is 4. The number of benzene rings is 1. The van der Waals surface area contributed by atoms with Crippen LogP contribution in [0.15, 0.2) is 24.3 Å². The number of imidazole rings is 1. The van der Waals surface area contributed by atoms with Crippen LogP contribution in [0.2, 0.25) is 0 Å². The number of carbonyl (C=O) groups excluding carboxylic acids is 1. The van der Waals surface area contributed by atoms with Gasteiger partial charge in [0.15, 0.2) is 0 Å². The van der Waals surface area contributed by atoms with Crippen LogP contribution in [0.3, 0.4) is 0 Å². The second kappa shape index (κ2) is 5.96. The maximum absolute atomic E-state index is 12.7. The lowest BCUT2D eigenvalue weighted by Gasteiger charge is -2.31. The summed E-state index contributed by atoms with van der Waals surface area (Å²) in [6, 6.07) is 8.08. The molecule has 23 heavy (non-hydrogen) atoms. The van der Waals surface area contributed by atoms with E-state index in [1.54, 1.807) is 0 Å². The molecule has 2 aliphatic rings. The number of hydrogen-bond acceptors (Lipinski definition) is 3. The summed E-state index contributed by atoms with van der Waals surface area (Å²) in [7, 11) is 0. The van der Waals surface area contributed by atoms with E-state index >= 15 is 0 Å². The van der Waals surface area contributed by atoms with E-state index in [0.29, 0.717) is 18.4 Å². The minimum absolute atomic E-state index is 0.173. The number of aromatic nitrogens is 2. The molecule has 2 aromatic rings. The van der Waals surface area contributed by atoms with Gasteiger partial charge in [0.25, 0.3) is 0 Å². The lowest BCUT2D eigenvalue weighted by atomic mass is 9.98. The molecule has 2 heterocycles. The van der Waals surface area contributed by atoms with Gasteiger partial charge in [-0.15, -0.1) is 0 Å². The van der Waals surface area contributed by atoms with Crippen molar-refractivity contribution in [1.29, 1.82) is 0 Å². The second-order valence-electron chi connectivity index (χ2n) is 6.83. The van der Waals surface area contributed by atoms with Crippen LogP contribution >= 0.6 is 0 Å². The summed E-state index contributed by atoms with van der Waals surface area (Å²) in [6.07, 6.45) is 4.17. The molecule has 5 heteroatoms. The molecule has 122 valence electrons. The van der Waals surface area contributed by atoms with Gasteiger partial charge in [-0.2, -0.15) is 0 Å². The number of likely N-dealkylation sites (tertiary alicyclic amines) is 1. The van der Waals surface area contributed by atoms with E-state index in [1.807, 2.05) is 23.1 Å². The van der Waals surface area contributed by atoms with E-state index in [-0.39, 0.29) is 12.5 Å². The molecule has 1 aliphatic carbocycles. The van der Waals surface area contributed by atoms with Gasteiger partial charge in [0, 0.05) is 25.6 Å². The van der Waals surface area contributed by atoms with Crippen molar-refractivity contribution in [3.8, 4) is 0 Å². The van der Waals surface area contributed by atoms with Crippen LogP contribution in [-0.4, -0.2) is 45.2 Å². The fourth-order valence-corrected chi connectivity index (χ4v) is 3.51. The molecule has 1 aromatic carbocycles. The zero-order valence-corrected chi connectivity index (χ0v) is 13.3. The minimum atomic E-state index is 0.173. The van der Waals surface area contributed by atoms with Crippen molar-refractivity contribution in [3.63, 3.8) is 0 Å². The van der Waals surface area contributed by atoms with Crippen LogP contribution in [0.5, 0.6) is 0 Å². The van der Waals surface area contributed by atoms with E-state index in [2.05, 4.69) is 10.6 Å². The largest absolute Gasteiger partial charge is 0.396 e. The van der Waals surface area contributed by atoms with Gasteiger partial charge in [-0.25, -0.2) is 4.98 Å². The number of piperidine rings is 1. The topological polar surface area (TPSA) is 58.4 Å². The number of hydrogen-bond donors (Lipinski definition) is 1. The first-order valence-electron chi connectivity index (χ1n) is 8.60. The Bertz CT molecular complexity index is 712. The lowest BCUT2D eigenvalue weighted by molar-refractivity contribution is -0.133. The van der Waals surface area contributed by atoms with Crippen LogP contribution in [0.4, 0.5) is 0 Å². The predicted octanol–water partition coefficient (Wildman–Crippen LogP) is 2.14. The summed E-state index contributed by atoms with van der Waals surface area (Å²) in [6.45, 7) is 2.14. The standard InChI is InChI=1S/C18H23N3O2/c22-12-13-7-9-20(10-8-13)17(23)11-21-16-4-2-1-3-15(16)19-18(21)14-5-6-14/h1-4,13-14,22H,5-12H2. The number of fused-ring (bicyclic) bond motifs is 1. The first-order chi connectivity index (χ1) is 11.3. The van der Waals surface area contributed by atoms with Crippen LogP contribution in [0.1, 0.15) is 37.4 Å². The van der Waals surface area contributed by atoms with E-state index in [4.69, 9.17) is 4.98 Å². The highest BCUT2D eigenvalue weighted by Crippen LogP contribution is 2.40. The molecule has 4 rings (SSSR count). The maximum atomic E-state index is 12.7. The average molecular weight is 313 g/mol. The van der Waals surface area contributed by atoms with Gasteiger partial charge in [0.2, 0.25) is 5.91 Å². The molecule has 2 fully saturated rings. The second-order valence-corrected chi connectivity index (χ2v) is 6.83. The van der Waals surface area contributed by atoms with Gasteiger partial charge < -0.3 is 14.6 Å². The van der Waals surface area contributed by atoms with Crippen molar-refractivity contribution in [2.24, 2.45) is 5.92 Å². The highest BCUT2D eigenvalue weighted by atomic mass is 16.3. The highest BCUT2D eigenvalue weighted by molar-refractivity contribution is 5.81. The van der Waals surface area contributed by atoms with Gasteiger partial charge in [0.1, 0.15) is 12.4 Å².